The van der Waals surface area contributed by atoms with E-state index >= 15 is 0 Å². The summed E-state index contributed by atoms with van der Waals surface area (Å²) < 4.78 is 2.08. The van der Waals surface area contributed by atoms with Crippen LogP contribution >= 0.6 is 0 Å². The normalized spacial score (nSPS) is 10.5. The predicted molar refractivity (Wildman–Crippen MR) is 67.8 cm³/mol. The number of aryl methyl sites for hydroxylation is 1. The first kappa shape index (κ1) is 11.6. The molecular weight excluding hydrogens is 212 g/mol. The van der Waals surface area contributed by atoms with E-state index in [1.165, 1.54) is 0 Å². The molecule has 17 heavy (non-hydrogen) atoms. The van der Waals surface area contributed by atoms with Gasteiger partial charge in [0.15, 0.2) is 0 Å². The van der Waals surface area contributed by atoms with E-state index in [1.54, 1.807) is 0 Å². The van der Waals surface area contributed by atoms with Crippen molar-refractivity contribution < 1.29 is 4.79 Å². The number of benzene rings is 1. The average Bonchev–Trinajstić information content (AvgIpc) is 2.64. The van der Waals surface area contributed by atoms with Crippen LogP contribution in [0.1, 0.15) is 17.8 Å². The van der Waals surface area contributed by atoms with E-state index < -0.39 is 0 Å². The fraction of sp³-hybridized carbons (Fsp3) is 0.286. The van der Waals surface area contributed by atoms with Gasteiger partial charge in [-0.15, -0.1) is 0 Å². The maximum atomic E-state index is 10.4. The molecule has 1 aromatic heterocycles. The third-order valence-corrected chi connectivity index (χ3v) is 2.94. The van der Waals surface area contributed by atoms with Crippen molar-refractivity contribution in [3.63, 3.8) is 0 Å². The fourth-order valence-corrected chi connectivity index (χ4v) is 2.06. The zero-order valence-electron chi connectivity index (χ0n) is 10.2. The van der Waals surface area contributed by atoms with Crippen LogP contribution in [-0.4, -0.2) is 15.8 Å². The van der Waals surface area contributed by atoms with Gasteiger partial charge in [0.2, 0.25) is 0 Å². The molecule has 0 atom stereocenters. The highest BCUT2D eigenvalue weighted by Crippen LogP contribution is 2.21. The smallest absolute Gasteiger partial charge is 0.140 e. The second kappa shape index (κ2) is 4.95. The first-order chi connectivity index (χ1) is 8.24. The Morgan fingerprint density at radius 3 is 2.65 bits per heavy atom. The summed E-state index contributed by atoms with van der Waals surface area (Å²) in [7, 11) is 2.00. The molecule has 88 valence electrons. The predicted octanol–water partition coefficient (Wildman–Crippen LogP) is 2.53. The third kappa shape index (κ3) is 2.28. The van der Waals surface area contributed by atoms with Crippen LogP contribution in [0.25, 0.3) is 11.4 Å². The molecule has 3 nitrogen and oxygen atoms in total. The standard InChI is InChI=1S/C14H16N2O/c1-11-13(9-6-10-17)16(2)14(15-11)12-7-4-3-5-8-12/h3-5,7-8,10H,6,9H2,1-2H3. The fourth-order valence-electron chi connectivity index (χ4n) is 2.06. The van der Waals surface area contributed by atoms with Gasteiger partial charge in [-0.05, 0) is 13.3 Å². The Balaban J connectivity index is 2.40. The van der Waals surface area contributed by atoms with E-state index in [4.69, 9.17) is 0 Å². The summed E-state index contributed by atoms with van der Waals surface area (Å²) in [4.78, 5) is 15.0. The van der Waals surface area contributed by atoms with E-state index in [2.05, 4.69) is 9.55 Å². The topological polar surface area (TPSA) is 34.9 Å². The van der Waals surface area contributed by atoms with Gasteiger partial charge in [-0.1, -0.05) is 30.3 Å². The van der Waals surface area contributed by atoms with E-state index in [0.29, 0.717) is 6.42 Å². The number of nitrogens with zero attached hydrogens (tertiary/aromatic N) is 2. The molecule has 0 N–H and O–H groups in total. The van der Waals surface area contributed by atoms with Gasteiger partial charge in [0.1, 0.15) is 12.1 Å². The molecule has 0 aliphatic heterocycles. The minimum absolute atomic E-state index is 0.550. The van der Waals surface area contributed by atoms with Crippen molar-refractivity contribution in [3.8, 4) is 11.4 Å². The maximum absolute atomic E-state index is 10.4. The Hall–Kier alpha value is -1.90. The van der Waals surface area contributed by atoms with Gasteiger partial charge in [0.25, 0.3) is 0 Å². The van der Waals surface area contributed by atoms with Crippen molar-refractivity contribution in [2.75, 3.05) is 0 Å². The van der Waals surface area contributed by atoms with Crippen molar-refractivity contribution in [1.82, 2.24) is 9.55 Å². The van der Waals surface area contributed by atoms with Crippen LogP contribution in [0.5, 0.6) is 0 Å². The highest BCUT2D eigenvalue weighted by molar-refractivity contribution is 5.57. The average molecular weight is 228 g/mol. The molecule has 0 saturated carbocycles. The van der Waals surface area contributed by atoms with Crippen molar-refractivity contribution in [3.05, 3.63) is 41.7 Å². The summed E-state index contributed by atoms with van der Waals surface area (Å²) in [6, 6.07) is 10.1. The number of rotatable bonds is 4. The number of aldehydes is 1. The lowest BCUT2D eigenvalue weighted by molar-refractivity contribution is -0.107. The minimum atomic E-state index is 0.550. The molecule has 0 amide bonds. The lowest BCUT2D eigenvalue weighted by Gasteiger charge is -2.05. The first-order valence-corrected chi connectivity index (χ1v) is 5.75. The van der Waals surface area contributed by atoms with Gasteiger partial charge < -0.3 is 9.36 Å². The number of carbonyl (C=O) groups excluding carboxylic acids is 1. The Morgan fingerprint density at radius 1 is 1.29 bits per heavy atom. The quantitative estimate of drug-likeness (QED) is 0.754. The molecule has 2 aromatic rings. The first-order valence-electron chi connectivity index (χ1n) is 5.75. The number of aromatic nitrogens is 2. The van der Waals surface area contributed by atoms with Crippen LogP contribution in [0, 0.1) is 6.92 Å². The number of hydrogen-bond acceptors (Lipinski definition) is 2. The van der Waals surface area contributed by atoms with E-state index in [0.717, 1.165) is 35.5 Å². The summed E-state index contributed by atoms with van der Waals surface area (Å²) in [6.45, 7) is 1.99. The van der Waals surface area contributed by atoms with Crippen LogP contribution < -0.4 is 0 Å². The second-order valence-corrected chi connectivity index (χ2v) is 4.10. The van der Waals surface area contributed by atoms with Gasteiger partial charge in [-0.3, -0.25) is 0 Å². The van der Waals surface area contributed by atoms with Crippen LogP contribution in [0.4, 0.5) is 0 Å². The Morgan fingerprint density at radius 2 is 2.00 bits per heavy atom. The van der Waals surface area contributed by atoms with Gasteiger partial charge in [-0.2, -0.15) is 0 Å². The second-order valence-electron chi connectivity index (χ2n) is 4.10. The maximum Gasteiger partial charge on any atom is 0.140 e. The lowest BCUT2D eigenvalue weighted by Crippen LogP contribution is -2.00. The SMILES string of the molecule is Cc1nc(-c2ccccc2)n(C)c1CCC=O. The molecule has 0 aliphatic carbocycles. The zero-order valence-corrected chi connectivity index (χ0v) is 10.2. The molecule has 1 aromatic carbocycles. The molecule has 2 rings (SSSR count). The van der Waals surface area contributed by atoms with Gasteiger partial charge >= 0.3 is 0 Å². The minimum Gasteiger partial charge on any atom is -0.331 e. The molecular formula is C14H16N2O. The highest BCUT2D eigenvalue weighted by atomic mass is 16.1. The van der Waals surface area contributed by atoms with E-state index in [-0.39, 0.29) is 0 Å². The van der Waals surface area contributed by atoms with Gasteiger partial charge in [0, 0.05) is 24.7 Å². The summed E-state index contributed by atoms with van der Waals surface area (Å²) >= 11 is 0. The van der Waals surface area contributed by atoms with Crippen molar-refractivity contribution in [2.24, 2.45) is 7.05 Å². The van der Waals surface area contributed by atoms with Crippen molar-refractivity contribution in [1.29, 1.82) is 0 Å². The Bertz CT molecular complexity index is 515. The number of imidazole rings is 1. The molecule has 0 bridgehead atoms. The lowest BCUT2D eigenvalue weighted by atomic mass is 10.2. The highest BCUT2D eigenvalue weighted by Gasteiger charge is 2.12. The largest absolute Gasteiger partial charge is 0.331 e. The summed E-state index contributed by atoms with van der Waals surface area (Å²) in [5.74, 6) is 0.962. The summed E-state index contributed by atoms with van der Waals surface area (Å²) in [6.07, 6.45) is 2.26. The Kier molecular flexibility index (Phi) is 3.38. The summed E-state index contributed by atoms with van der Waals surface area (Å²) in [5.41, 5.74) is 3.25. The molecule has 0 saturated heterocycles. The van der Waals surface area contributed by atoms with E-state index in [9.17, 15) is 4.79 Å². The monoisotopic (exact) mass is 228 g/mol. The molecule has 0 radical (unpaired) electrons. The zero-order chi connectivity index (χ0) is 12.3. The molecule has 3 heteroatoms. The van der Waals surface area contributed by atoms with E-state index in [1.807, 2.05) is 44.3 Å². The number of carbonyl (C=O) groups is 1. The molecule has 0 fully saturated rings. The molecule has 1 heterocycles. The number of hydrogen-bond donors (Lipinski definition) is 0. The molecule has 0 unspecified atom stereocenters. The molecule has 0 aliphatic rings. The van der Waals surface area contributed by atoms with Crippen LogP contribution in [0.15, 0.2) is 30.3 Å². The molecule has 0 spiro atoms. The Labute approximate surface area is 101 Å². The van der Waals surface area contributed by atoms with Crippen LogP contribution in [-0.2, 0) is 18.3 Å². The summed E-state index contributed by atoms with van der Waals surface area (Å²) in [5, 5.41) is 0. The van der Waals surface area contributed by atoms with Crippen molar-refractivity contribution >= 4 is 6.29 Å². The third-order valence-electron chi connectivity index (χ3n) is 2.94. The van der Waals surface area contributed by atoms with Crippen LogP contribution in [0.3, 0.4) is 0 Å². The van der Waals surface area contributed by atoms with Crippen molar-refractivity contribution in [2.45, 2.75) is 19.8 Å². The van der Waals surface area contributed by atoms with Gasteiger partial charge in [0.05, 0.1) is 5.69 Å². The van der Waals surface area contributed by atoms with Gasteiger partial charge in [-0.25, -0.2) is 4.98 Å². The van der Waals surface area contributed by atoms with Crippen LogP contribution in [0.2, 0.25) is 0 Å².